The molecule has 2 aromatic rings. The molecule has 3 nitrogen and oxygen atoms in total. The summed E-state index contributed by atoms with van der Waals surface area (Å²) in [6.07, 6.45) is 6.27. The molecule has 1 heterocycles. The standard InChI is InChI=1S/C18H23N3/c1-13-9-18(2,3)10-16(13)21-15-11-19-17(20-12-15)14-7-5-4-6-8-14/h4-8,11-13,16,21H,9-10H2,1-3H3. The van der Waals surface area contributed by atoms with Crippen LogP contribution in [0.3, 0.4) is 0 Å². The van der Waals surface area contributed by atoms with Gasteiger partial charge in [-0.05, 0) is 24.2 Å². The summed E-state index contributed by atoms with van der Waals surface area (Å²) < 4.78 is 0. The van der Waals surface area contributed by atoms with E-state index in [1.807, 2.05) is 42.7 Å². The van der Waals surface area contributed by atoms with Crippen LogP contribution >= 0.6 is 0 Å². The Labute approximate surface area is 126 Å². The molecule has 1 aromatic heterocycles. The van der Waals surface area contributed by atoms with Crippen molar-refractivity contribution in [2.75, 3.05) is 5.32 Å². The van der Waals surface area contributed by atoms with E-state index in [4.69, 9.17) is 0 Å². The first kappa shape index (κ1) is 14.1. The molecule has 0 radical (unpaired) electrons. The van der Waals surface area contributed by atoms with Gasteiger partial charge < -0.3 is 5.32 Å². The Morgan fingerprint density at radius 1 is 1.05 bits per heavy atom. The van der Waals surface area contributed by atoms with E-state index in [2.05, 4.69) is 36.1 Å². The van der Waals surface area contributed by atoms with E-state index in [0.29, 0.717) is 17.4 Å². The summed E-state index contributed by atoms with van der Waals surface area (Å²) >= 11 is 0. The number of nitrogens with one attached hydrogen (secondary N) is 1. The zero-order valence-corrected chi connectivity index (χ0v) is 13.0. The third kappa shape index (κ3) is 3.23. The van der Waals surface area contributed by atoms with E-state index in [9.17, 15) is 0 Å². The lowest BCUT2D eigenvalue weighted by molar-refractivity contribution is 0.366. The Hall–Kier alpha value is -1.90. The third-order valence-electron chi connectivity index (χ3n) is 4.37. The SMILES string of the molecule is CC1CC(C)(C)CC1Nc1cnc(-c2ccccc2)nc1. The lowest BCUT2D eigenvalue weighted by atomic mass is 9.91. The lowest BCUT2D eigenvalue weighted by Gasteiger charge is -2.19. The van der Waals surface area contributed by atoms with Crippen LogP contribution in [0.5, 0.6) is 0 Å². The molecule has 1 N–H and O–H groups in total. The number of benzene rings is 1. The fraction of sp³-hybridized carbons (Fsp3) is 0.444. The van der Waals surface area contributed by atoms with Gasteiger partial charge in [-0.1, -0.05) is 51.1 Å². The van der Waals surface area contributed by atoms with Crippen LogP contribution in [0.1, 0.15) is 33.6 Å². The highest BCUT2D eigenvalue weighted by molar-refractivity contribution is 5.55. The maximum absolute atomic E-state index is 4.48. The molecule has 1 aliphatic carbocycles. The van der Waals surface area contributed by atoms with Crippen molar-refractivity contribution in [3.05, 3.63) is 42.7 Å². The van der Waals surface area contributed by atoms with Crippen LogP contribution in [0.15, 0.2) is 42.7 Å². The molecule has 21 heavy (non-hydrogen) atoms. The lowest BCUT2D eigenvalue weighted by Crippen LogP contribution is -2.22. The molecule has 1 saturated carbocycles. The van der Waals surface area contributed by atoms with Crippen molar-refractivity contribution < 1.29 is 0 Å². The first-order valence-electron chi connectivity index (χ1n) is 7.67. The zero-order valence-electron chi connectivity index (χ0n) is 13.0. The molecule has 2 unspecified atom stereocenters. The zero-order chi connectivity index (χ0) is 14.9. The van der Waals surface area contributed by atoms with Crippen molar-refractivity contribution in [1.29, 1.82) is 0 Å². The van der Waals surface area contributed by atoms with Crippen LogP contribution in [0.2, 0.25) is 0 Å². The van der Waals surface area contributed by atoms with Crippen LogP contribution < -0.4 is 5.32 Å². The molecule has 0 bridgehead atoms. The van der Waals surface area contributed by atoms with Gasteiger partial charge in [-0.25, -0.2) is 9.97 Å². The highest BCUT2D eigenvalue weighted by Gasteiger charge is 2.36. The smallest absolute Gasteiger partial charge is 0.159 e. The topological polar surface area (TPSA) is 37.8 Å². The van der Waals surface area contributed by atoms with Crippen LogP contribution in [0, 0.1) is 11.3 Å². The van der Waals surface area contributed by atoms with Gasteiger partial charge in [0.15, 0.2) is 5.82 Å². The maximum Gasteiger partial charge on any atom is 0.159 e. The quantitative estimate of drug-likeness (QED) is 0.907. The van der Waals surface area contributed by atoms with Gasteiger partial charge in [0.25, 0.3) is 0 Å². The van der Waals surface area contributed by atoms with E-state index in [1.165, 1.54) is 12.8 Å². The second kappa shape index (κ2) is 5.47. The van der Waals surface area contributed by atoms with Gasteiger partial charge in [-0.2, -0.15) is 0 Å². The minimum Gasteiger partial charge on any atom is -0.380 e. The summed E-state index contributed by atoms with van der Waals surface area (Å²) in [5, 5.41) is 3.60. The summed E-state index contributed by atoms with van der Waals surface area (Å²) in [4.78, 5) is 8.96. The summed E-state index contributed by atoms with van der Waals surface area (Å²) in [6, 6.07) is 10.6. The van der Waals surface area contributed by atoms with Gasteiger partial charge in [-0.3, -0.25) is 0 Å². The molecule has 0 spiro atoms. The second-order valence-electron chi connectivity index (χ2n) is 6.96. The number of hydrogen-bond acceptors (Lipinski definition) is 3. The molecule has 3 rings (SSSR count). The van der Waals surface area contributed by atoms with Crippen LogP contribution in [-0.2, 0) is 0 Å². The predicted molar refractivity (Wildman–Crippen MR) is 87.1 cm³/mol. The van der Waals surface area contributed by atoms with Gasteiger partial charge in [0.2, 0.25) is 0 Å². The summed E-state index contributed by atoms with van der Waals surface area (Å²) in [5.41, 5.74) is 2.51. The summed E-state index contributed by atoms with van der Waals surface area (Å²) in [6.45, 7) is 7.02. The van der Waals surface area contributed by atoms with Gasteiger partial charge in [-0.15, -0.1) is 0 Å². The molecule has 0 saturated heterocycles. The van der Waals surface area contributed by atoms with E-state index in [0.717, 1.165) is 17.1 Å². The Morgan fingerprint density at radius 2 is 1.71 bits per heavy atom. The van der Waals surface area contributed by atoms with Crippen molar-refractivity contribution in [2.45, 2.75) is 39.7 Å². The minimum absolute atomic E-state index is 0.432. The second-order valence-corrected chi connectivity index (χ2v) is 6.96. The van der Waals surface area contributed by atoms with Gasteiger partial charge in [0.1, 0.15) is 0 Å². The van der Waals surface area contributed by atoms with Crippen molar-refractivity contribution in [1.82, 2.24) is 9.97 Å². The number of nitrogens with zero attached hydrogens (tertiary/aromatic N) is 2. The molecule has 2 atom stereocenters. The van der Waals surface area contributed by atoms with Crippen molar-refractivity contribution in [2.24, 2.45) is 11.3 Å². The molecule has 1 aliphatic rings. The Bertz CT molecular complexity index is 590. The first-order valence-corrected chi connectivity index (χ1v) is 7.67. The average molecular weight is 281 g/mol. The molecular formula is C18H23N3. The van der Waals surface area contributed by atoms with Crippen LogP contribution in [0.4, 0.5) is 5.69 Å². The van der Waals surface area contributed by atoms with Gasteiger partial charge >= 0.3 is 0 Å². The highest BCUT2D eigenvalue weighted by atomic mass is 15.0. The van der Waals surface area contributed by atoms with Crippen molar-refractivity contribution >= 4 is 5.69 Å². The summed E-state index contributed by atoms with van der Waals surface area (Å²) in [7, 11) is 0. The monoisotopic (exact) mass is 281 g/mol. The van der Waals surface area contributed by atoms with E-state index in [-0.39, 0.29) is 0 Å². The van der Waals surface area contributed by atoms with E-state index < -0.39 is 0 Å². The van der Waals surface area contributed by atoms with Crippen molar-refractivity contribution in [3.63, 3.8) is 0 Å². The fourth-order valence-corrected chi connectivity index (χ4v) is 3.44. The third-order valence-corrected chi connectivity index (χ3v) is 4.37. The number of anilines is 1. The molecule has 0 amide bonds. The number of aromatic nitrogens is 2. The van der Waals surface area contributed by atoms with Crippen LogP contribution in [-0.4, -0.2) is 16.0 Å². The fourth-order valence-electron chi connectivity index (χ4n) is 3.44. The predicted octanol–water partition coefficient (Wildman–Crippen LogP) is 4.38. The molecule has 110 valence electrons. The minimum atomic E-state index is 0.432. The average Bonchev–Trinajstić information content (AvgIpc) is 2.73. The molecule has 1 aromatic carbocycles. The van der Waals surface area contributed by atoms with Crippen LogP contribution in [0.25, 0.3) is 11.4 Å². The Kier molecular flexibility index (Phi) is 3.66. The molecular weight excluding hydrogens is 258 g/mol. The first-order chi connectivity index (χ1) is 10.0. The van der Waals surface area contributed by atoms with Crippen molar-refractivity contribution in [3.8, 4) is 11.4 Å². The number of rotatable bonds is 3. The van der Waals surface area contributed by atoms with Gasteiger partial charge in [0.05, 0.1) is 18.1 Å². The normalized spacial score (nSPS) is 24.0. The highest BCUT2D eigenvalue weighted by Crippen LogP contribution is 2.41. The molecule has 0 aliphatic heterocycles. The number of hydrogen-bond donors (Lipinski definition) is 1. The summed E-state index contributed by atoms with van der Waals surface area (Å²) in [5.74, 6) is 1.47. The largest absolute Gasteiger partial charge is 0.380 e. The van der Waals surface area contributed by atoms with E-state index >= 15 is 0 Å². The maximum atomic E-state index is 4.48. The Morgan fingerprint density at radius 3 is 2.29 bits per heavy atom. The van der Waals surface area contributed by atoms with Gasteiger partial charge in [0, 0.05) is 11.6 Å². The molecule has 3 heteroatoms. The van der Waals surface area contributed by atoms with E-state index in [1.54, 1.807) is 0 Å². The Balaban J connectivity index is 1.71. The molecule has 1 fully saturated rings.